The minimum atomic E-state index is -4.63. The van der Waals surface area contributed by atoms with Crippen LogP contribution in [0.25, 0.3) is 11.4 Å². The van der Waals surface area contributed by atoms with Crippen LogP contribution in [0.4, 0.5) is 27.8 Å². The van der Waals surface area contributed by atoms with Gasteiger partial charge < -0.3 is 5.32 Å². The average Bonchev–Trinajstić information content (AvgIpc) is 3.36. The number of alkyl halides is 3. The van der Waals surface area contributed by atoms with Crippen LogP contribution >= 0.6 is 0 Å². The van der Waals surface area contributed by atoms with E-state index < -0.39 is 23.4 Å². The highest BCUT2D eigenvalue weighted by Crippen LogP contribution is 2.31. The fourth-order valence-electron chi connectivity index (χ4n) is 3.34. The number of ketones is 1. The van der Waals surface area contributed by atoms with Gasteiger partial charge in [-0.3, -0.25) is 14.5 Å². The monoisotopic (exact) mass is 502 g/mol. The van der Waals surface area contributed by atoms with Gasteiger partial charge in [-0.25, -0.2) is 18.7 Å². The third kappa shape index (κ3) is 6.26. The molecule has 4 rings (SSSR count). The molecular formula is C24H19F5N6O. The van der Waals surface area contributed by atoms with Gasteiger partial charge in [-0.2, -0.15) is 18.3 Å². The standard InChI is InChI=1S/C24H19F5N6O/c25-18-5-4-15(19(26)10-18)13-31-22-11-20(21(36)3-1-7-35-8-2-6-32-35)33-23(34-22)16-9-17(14-30-12-16)24(27,28)29/h2,4-6,8-12,14H,1,3,7,13H2,(H,31,33,34). The SMILES string of the molecule is O=C(CCCn1cccn1)c1cc(NCc2ccc(F)cc2F)nc(-c2cncc(C(F)(F)F)c2)n1. The third-order valence-corrected chi connectivity index (χ3v) is 5.16. The highest BCUT2D eigenvalue weighted by atomic mass is 19.4. The number of nitrogens with one attached hydrogen (secondary N) is 1. The molecule has 0 aliphatic heterocycles. The summed E-state index contributed by atoms with van der Waals surface area (Å²) in [6.45, 7) is 0.375. The van der Waals surface area contributed by atoms with Crippen molar-refractivity contribution in [2.75, 3.05) is 5.32 Å². The van der Waals surface area contributed by atoms with Crippen molar-refractivity contribution in [1.29, 1.82) is 0 Å². The van der Waals surface area contributed by atoms with Crippen LogP contribution in [0.15, 0.2) is 61.2 Å². The van der Waals surface area contributed by atoms with E-state index in [0.717, 1.165) is 24.4 Å². The zero-order valence-electron chi connectivity index (χ0n) is 18.6. The molecule has 0 radical (unpaired) electrons. The van der Waals surface area contributed by atoms with E-state index in [9.17, 15) is 26.7 Å². The summed E-state index contributed by atoms with van der Waals surface area (Å²) in [7, 11) is 0. The highest BCUT2D eigenvalue weighted by Gasteiger charge is 2.31. The van der Waals surface area contributed by atoms with Gasteiger partial charge >= 0.3 is 6.18 Å². The molecule has 1 N–H and O–H groups in total. The van der Waals surface area contributed by atoms with Gasteiger partial charge in [-0.05, 0) is 24.6 Å². The molecule has 12 heteroatoms. The summed E-state index contributed by atoms with van der Waals surface area (Å²) in [6.07, 6.45) is 1.11. The Bertz CT molecular complexity index is 1360. The Hall–Kier alpha value is -4.22. The summed E-state index contributed by atoms with van der Waals surface area (Å²) in [5, 5.41) is 6.89. The lowest BCUT2D eigenvalue weighted by molar-refractivity contribution is -0.137. The summed E-state index contributed by atoms with van der Waals surface area (Å²) in [5.41, 5.74) is -0.946. The van der Waals surface area contributed by atoms with Crippen LogP contribution < -0.4 is 5.32 Å². The normalized spacial score (nSPS) is 11.5. The molecule has 0 spiro atoms. The number of carbonyl (C=O) groups is 1. The number of halogens is 5. The van der Waals surface area contributed by atoms with Crippen molar-refractivity contribution in [3.05, 3.63) is 89.6 Å². The van der Waals surface area contributed by atoms with Crippen LogP contribution in [0.3, 0.4) is 0 Å². The van der Waals surface area contributed by atoms with Gasteiger partial charge in [-0.1, -0.05) is 6.07 Å². The van der Waals surface area contributed by atoms with E-state index in [0.29, 0.717) is 19.2 Å². The first-order chi connectivity index (χ1) is 17.2. The maximum Gasteiger partial charge on any atom is 0.417 e. The second-order valence-corrected chi connectivity index (χ2v) is 7.81. The van der Waals surface area contributed by atoms with Crippen molar-refractivity contribution >= 4 is 11.6 Å². The molecule has 0 fully saturated rings. The predicted octanol–water partition coefficient (Wildman–Crippen LogP) is 5.31. The number of Topliss-reactive ketones (excluding diaryl/α,β-unsaturated/α-hetero) is 1. The molecule has 36 heavy (non-hydrogen) atoms. The number of rotatable bonds is 9. The van der Waals surface area contributed by atoms with Crippen LogP contribution in [0.1, 0.15) is 34.5 Å². The van der Waals surface area contributed by atoms with Gasteiger partial charge in [0.1, 0.15) is 23.1 Å². The number of anilines is 1. The van der Waals surface area contributed by atoms with E-state index in [2.05, 4.69) is 25.4 Å². The van der Waals surface area contributed by atoms with Gasteiger partial charge in [0.2, 0.25) is 0 Å². The first kappa shape index (κ1) is 24.9. The molecule has 0 saturated heterocycles. The fraction of sp³-hybridized carbons (Fsp3) is 0.208. The summed E-state index contributed by atoms with van der Waals surface area (Å²) in [4.78, 5) is 24.9. The Kier molecular flexibility index (Phi) is 7.32. The molecule has 7 nitrogen and oxygen atoms in total. The number of aryl methyl sites for hydroxylation is 1. The predicted molar refractivity (Wildman–Crippen MR) is 120 cm³/mol. The number of hydrogen-bond donors (Lipinski definition) is 1. The molecule has 0 unspecified atom stereocenters. The van der Waals surface area contributed by atoms with E-state index in [-0.39, 0.29) is 47.2 Å². The van der Waals surface area contributed by atoms with E-state index in [1.54, 1.807) is 23.1 Å². The smallest absolute Gasteiger partial charge is 0.366 e. The molecule has 0 atom stereocenters. The Morgan fingerprint density at radius 2 is 1.89 bits per heavy atom. The molecule has 0 amide bonds. The molecular weight excluding hydrogens is 483 g/mol. The molecule has 4 aromatic rings. The lowest BCUT2D eigenvalue weighted by atomic mass is 10.1. The van der Waals surface area contributed by atoms with Crippen molar-refractivity contribution in [3.63, 3.8) is 0 Å². The van der Waals surface area contributed by atoms with E-state index in [4.69, 9.17) is 0 Å². The number of carbonyl (C=O) groups excluding carboxylic acids is 1. The zero-order chi connectivity index (χ0) is 25.7. The average molecular weight is 502 g/mol. The van der Waals surface area contributed by atoms with E-state index >= 15 is 0 Å². The van der Waals surface area contributed by atoms with Crippen LogP contribution in [-0.2, 0) is 19.3 Å². The molecule has 0 aliphatic rings. The van der Waals surface area contributed by atoms with Crippen LogP contribution in [-0.4, -0.2) is 30.5 Å². The second kappa shape index (κ2) is 10.6. The highest BCUT2D eigenvalue weighted by molar-refractivity contribution is 5.95. The summed E-state index contributed by atoms with van der Waals surface area (Å²) in [6, 6.07) is 6.99. The summed E-state index contributed by atoms with van der Waals surface area (Å²) < 4.78 is 68.4. The van der Waals surface area contributed by atoms with Crippen LogP contribution in [0.5, 0.6) is 0 Å². The Morgan fingerprint density at radius 1 is 1.06 bits per heavy atom. The van der Waals surface area contributed by atoms with Gasteiger partial charge in [0.15, 0.2) is 11.6 Å². The molecule has 0 saturated carbocycles. The molecule has 3 aromatic heterocycles. The summed E-state index contributed by atoms with van der Waals surface area (Å²) in [5.74, 6) is -1.96. The molecule has 3 heterocycles. The number of hydrogen-bond acceptors (Lipinski definition) is 6. The molecule has 186 valence electrons. The van der Waals surface area contributed by atoms with Crippen molar-refractivity contribution < 1.29 is 26.7 Å². The Labute approximate surface area is 202 Å². The maximum absolute atomic E-state index is 14.0. The van der Waals surface area contributed by atoms with E-state index in [1.165, 1.54) is 12.1 Å². The fourth-order valence-corrected chi connectivity index (χ4v) is 3.34. The molecule has 0 bridgehead atoms. The maximum atomic E-state index is 14.0. The van der Waals surface area contributed by atoms with Crippen LogP contribution in [0.2, 0.25) is 0 Å². The number of nitrogens with zero attached hydrogens (tertiary/aromatic N) is 5. The Morgan fingerprint density at radius 3 is 2.61 bits per heavy atom. The van der Waals surface area contributed by atoms with Crippen molar-refractivity contribution in [3.8, 4) is 11.4 Å². The van der Waals surface area contributed by atoms with Gasteiger partial charge in [0.25, 0.3) is 0 Å². The summed E-state index contributed by atoms with van der Waals surface area (Å²) >= 11 is 0. The van der Waals surface area contributed by atoms with Crippen LogP contribution in [0, 0.1) is 11.6 Å². The topological polar surface area (TPSA) is 85.6 Å². The van der Waals surface area contributed by atoms with Gasteiger partial charge in [-0.15, -0.1) is 0 Å². The molecule has 1 aromatic carbocycles. The van der Waals surface area contributed by atoms with Gasteiger partial charge in [0, 0.05) is 67.6 Å². The first-order valence-electron chi connectivity index (χ1n) is 10.8. The number of benzene rings is 1. The lowest BCUT2D eigenvalue weighted by Gasteiger charge is -2.12. The van der Waals surface area contributed by atoms with Gasteiger partial charge in [0.05, 0.1) is 5.56 Å². The second-order valence-electron chi connectivity index (χ2n) is 7.81. The largest absolute Gasteiger partial charge is 0.417 e. The minimum Gasteiger partial charge on any atom is -0.366 e. The van der Waals surface area contributed by atoms with Crippen molar-refractivity contribution in [2.24, 2.45) is 0 Å². The zero-order valence-corrected chi connectivity index (χ0v) is 18.6. The van der Waals surface area contributed by atoms with Crippen molar-refractivity contribution in [2.45, 2.75) is 32.1 Å². The lowest BCUT2D eigenvalue weighted by Crippen LogP contribution is -2.11. The minimum absolute atomic E-state index is 0.0278. The number of aromatic nitrogens is 5. The number of pyridine rings is 1. The molecule has 0 aliphatic carbocycles. The van der Waals surface area contributed by atoms with Crippen molar-refractivity contribution in [1.82, 2.24) is 24.7 Å². The quantitative estimate of drug-likeness (QED) is 0.247. The Balaban J connectivity index is 1.61. The van der Waals surface area contributed by atoms with E-state index in [1.807, 2.05) is 0 Å². The first-order valence-corrected chi connectivity index (χ1v) is 10.8. The third-order valence-electron chi connectivity index (χ3n) is 5.16.